The van der Waals surface area contributed by atoms with Crippen LogP contribution >= 0.6 is 0 Å². The number of hydrogen-bond donors (Lipinski definition) is 2. The molecule has 3 rings (SSSR count). The zero-order valence-corrected chi connectivity index (χ0v) is 16.9. The third-order valence-corrected chi connectivity index (χ3v) is 5.03. The number of hydrogen-bond acceptors (Lipinski definition) is 4. The Hall–Kier alpha value is -3.29. The third-order valence-electron chi connectivity index (χ3n) is 5.03. The zero-order valence-electron chi connectivity index (χ0n) is 16.9. The number of methoxy groups -OCH3 is 1. The van der Waals surface area contributed by atoms with Gasteiger partial charge in [0.05, 0.1) is 12.8 Å². The van der Waals surface area contributed by atoms with Crippen molar-refractivity contribution < 1.29 is 23.5 Å². The van der Waals surface area contributed by atoms with Crippen molar-refractivity contribution >= 4 is 17.6 Å². The van der Waals surface area contributed by atoms with Crippen molar-refractivity contribution in [2.45, 2.75) is 12.8 Å². The van der Waals surface area contributed by atoms with Crippen LogP contribution < -0.4 is 20.1 Å². The maximum atomic E-state index is 13.5. The first-order valence-corrected chi connectivity index (χ1v) is 9.90. The minimum atomic E-state index is -0.496. The van der Waals surface area contributed by atoms with Gasteiger partial charge in [-0.05, 0) is 43.0 Å². The maximum absolute atomic E-state index is 13.5. The Labute approximate surface area is 175 Å². The lowest BCUT2D eigenvalue weighted by molar-refractivity contribution is -0.123. The van der Waals surface area contributed by atoms with Crippen LogP contribution in [0.1, 0.15) is 12.8 Å². The van der Waals surface area contributed by atoms with Gasteiger partial charge in [-0.25, -0.2) is 9.18 Å². The number of urea groups is 1. The summed E-state index contributed by atoms with van der Waals surface area (Å²) in [6, 6.07) is 13.1. The number of benzene rings is 2. The molecule has 0 spiro atoms. The quantitative estimate of drug-likeness (QED) is 0.727. The van der Waals surface area contributed by atoms with Crippen molar-refractivity contribution in [1.82, 2.24) is 10.2 Å². The lowest BCUT2D eigenvalue weighted by atomic mass is 9.97. The molecule has 0 aromatic heterocycles. The Balaban J connectivity index is 1.37. The maximum Gasteiger partial charge on any atom is 0.321 e. The Morgan fingerprint density at radius 2 is 1.73 bits per heavy atom. The molecule has 1 heterocycles. The first-order chi connectivity index (χ1) is 14.6. The molecule has 7 nitrogen and oxygen atoms in total. The van der Waals surface area contributed by atoms with E-state index < -0.39 is 5.82 Å². The predicted molar refractivity (Wildman–Crippen MR) is 111 cm³/mol. The van der Waals surface area contributed by atoms with Crippen molar-refractivity contribution in [3.05, 3.63) is 54.3 Å². The average molecular weight is 415 g/mol. The number of rotatable bonds is 7. The van der Waals surface area contributed by atoms with Crippen molar-refractivity contribution in [2.75, 3.05) is 38.7 Å². The van der Waals surface area contributed by atoms with Crippen LogP contribution in [0.25, 0.3) is 0 Å². The zero-order chi connectivity index (χ0) is 21.3. The van der Waals surface area contributed by atoms with E-state index in [4.69, 9.17) is 9.47 Å². The van der Waals surface area contributed by atoms with E-state index in [0.29, 0.717) is 31.1 Å². The van der Waals surface area contributed by atoms with Gasteiger partial charge in [0.2, 0.25) is 0 Å². The molecule has 160 valence electrons. The number of carbonyl (C=O) groups excluding carboxylic acids is 2. The van der Waals surface area contributed by atoms with Crippen LogP contribution in [-0.4, -0.2) is 50.2 Å². The molecule has 8 heteroatoms. The van der Waals surface area contributed by atoms with Crippen LogP contribution in [0.4, 0.5) is 14.9 Å². The van der Waals surface area contributed by atoms with Crippen LogP contribution in [0.2, 0.25) is 0 Å². The molecule has 2 aromatic rings. The number of para-hydroxylation sites is 3. The molecule has 0 atom stereocenters. The highest BCUT2D eigenvalue weighted by atomic mass is 19.1. The van der Waals surface area contributed by atoms with E-state index >= 15 is 0 Å². The van der Waals surface area contributed by atoms with Gasteiger partial charge in [0, 0.05) is 19.6 Å². The van der Waals surface area contributed by atoms with E-state index in [0.717, 1.165) is 12.8 Å². The van der Waals surface area contributed by atoms with E-state index in [-0.39, 0.29) is 30.2 Å². The monoisotopic (exact) mass is 415 g/mol. The normalized spacial score (nSPS) is 14.1. The second-order valence-corrected chi connectivity index (χ2v) is 7.08. The van der Waals surface area contributed by atoms with Gasteiger partial charge < -0.3 is 25.0 Å². The van der Waals surface area contributed by atoms with Gasteiger partial charge in [0.25, 0.3) is 5.91 Å². The number of carbonyl (C=O) groups is 2. The molecule has 1 aliphatic heterocycles. The number of amides is 3. The summed E-state index contributed by atoms with van der Waals surface area (Å²) in [5.41, 5.74) is 0.634. The van der Waals surface area contributed by atoms with Crippen molar-refractivity contribution in [1.29, 1.82) is 0 Å². The summed E-state index contributed by atoms with van der Waals surface area (Å²) >= 11 is 0. The summed E-state index contributed by atoms with van der Waals surface area (Å²) < 4.78 is 24.0. The van der Waals surface area contributed by atoms with Gasteiger partial charge in [-0.2, -0.15) is 0 Å². The highest BCUT2D eigenvalue weighted by Crippen LogP contribution is 2.24. The molecule has 2 N–H and O–H groups in total. The summed E-state index contributed by atoms with van der Waals surface area (Å²) in [5, 5.41) is 5.70. The summed E-state index contributed by atoms with van der Waals surface area (Å²) in [6.07, 6.45) is 1.57. The molecule has 3 amide bonds. The van der Waals surface area contributed by atoms with Crippen LogP contribution in [0.15, 0.2) is 48.5 Å². The highest BCUT2D eigenvalue weighted by Gasteiger charge is 2.23. The Bertz CT molecular complexity index is 869. The largest absolute Gasteiger partial charge is 0.495 e. The standard InChI is InChI=1S/C22H26FN3O4/c1-29-20-9-5-3-7-18(20)25-22(28)26-12-10-16(11-13-26)14-24-21(27)15-30-19-8-4-2-6-17(19)23/h2-9,16H,10-15H2,1H3,(H,24,27)(H,25,28). The van der Waals surface area contributed by atoms with Crippen molar-refractivity contribution in [3.8, 4) is 11.5 Å². The third kappa shape index (κ3) is 5.85. The smallest absolute Gasteiger partial charge is 0.321 e. The van der Waals surface area contributed by atoms with Gasteiger partial charge in [0.1, 0.15) is 5.75 Å². The first-order valence-electron chi connectivity index (χ1n) is 9.90. The minimum absolute atomic E-state index is 0.0574. The molecule has 0 radical (unpaired) electrons. The molecule has 0 bridgehead atoms. The predicted octanol–water partition coefficient (Wildman–Crippen LogP) is 3.27. The van der Waals surface area contributed by atoms with E-state index in [1.807, 2.05) is 12.1 Å². The highest BCUT2D eigenvalue weighted by molar-refractivity contribution is 5.91. The molecule has 1 aliphatic rings. The SMILES string of the molecule is COc1ccccc1NC(=O)N1CCC(CNC(=O)COc2ccccc2F)CC1. The Morgan fingerprint density at radius 3 is 2.43 bits per heavy atom. The van der Waals surface area contributed by atoms with E-state index in [1.165, 1.54) is 12.1 Å². The number of anilines is 1. The van der Waals surface area contributed by atoms with E-state index in [2.05, 4.69) is 10.6 Å². The number of halogens is 1. The lowest BCUT2D eigenvalue weighted by Gasteiger charge is -2.32. The van der Waals surface area contributed by atoms with Gasteiger partial charge in [0.15, 0.2) is 18.2 Å². The number of likely N-dealkylation sites (tertiary alicyclic amines) is 1. The molecular weight excluding hydrogens is 389 g/mol. The fraction of sp³-hybridized carbons (Fsp3) is 0.364. The Morgan fingerprint density at radius 1 is 1.07 bits per heavy atom. The lowest BCUT2D eigenvalue weighted by Crippen LogP contribution is -2.43. The first kappa shape index (κ1) is 21.4. The molecule has 1 fully saturated rings. The van der Waals surface area contributed by atoms with Crippen LogP contribution in [0.5, 0.6) is 11.5 Å². The van der Waals surface area contributed by atoms with E-state index in [9.17, 15) is 14.0 Å². The Kier molecular flexibility index (Phi) is 7.48. The van der Waals surface area contributed by atoms with Gasteiger partial charge in [-0.3, -0.25) is 4.79 Å². The van der Waals surface area contributed by atoms with Gasteiger partial charge in [-0.15, -0.1) is 0 Å². The number of ether oxygens (including phenoxy) is 2. The fourth-order valence-electron chi connectivity index (χ4n) is 3.30. The second-order valence-electron chi connectivity index (χ2n) is 7.08. The van der Waals surface area contributed by atoms with Crippen molar-refractivity contribution in [3.63, 3.8) is 0 Å². The van der Waals surface area contributed by atoms with Crippen LogP contribution in [0, 0.1) is 11.7 Å². The van der Waals surface area contributed by atoms with Crippen LogP contribution in [-0.2, 0) is 4.79 Å². The minimum Gasteiger partial charge on any atom is -0.495 e. The number of piperidine rings is 1. The van der Waals surface area contributed by atoms with Crippen LogP contribution in [0.3, 0.4) is 0 Å². The molecular formula is C22H26FN3O4. The number of nitrogens with zero attached hydrogens (tertiary/aromatic N) is 1. The van der Waals surface area contributed by atoms with Gasteiger partial charge >= 0.3 is 6.03 Å². The summed E-state index contributed by atoms with van der Waals surface area (Å²) in [4.78, 5) is 26.2. The fourth-order valence-corrected chi connectivity index (χ4v) is 3.30. The van der Waals surface area contributed by atoms with Gasteiger partial charge in [-0.1, -0.05) is 24.3 Å². The molecule has 0 aliphatic carbocycles. The summed E-state index contributed by atoms with van der Waals surface area (Å²) in [6.45, 7) is 1.48. The molecule has 0 saturated carbocycles. The summed E-state index contributed by atoms with van der Waals surface area (Å²) in [5.74, 6) is 0.152. The summed E-state index contributed by atoms with van der Waals surface area (Å²) in [7, 11) is 1.56. The average Bonchev–Trinajstić information content (AvgIpc) is 2.78. The van der Waals surface area contributed by atoms with E-state index in [1.54, 1.807) is 36.3 Å². The molecule has 1 saturated heterocycles. The van der Waals surface area contributed by atoms with Crippen molar-refractivity contribution in [2.24, 2.45) is 5.92 Å². The second kappa shape index (κ2) is 10.5. The molecule has 30 heavy (non-hydrogen) atoms. The molecule has 0 unspecified atom stereocenters. The topological polar surface area (TPSA) is 79.9 Å². The molecule has 2 aromatic carbocycles. The number of nitrogens with one attached hydrogen (secondary N) is 2.